The molecule has 4 heteroatoms. The quantitative estimate of drug-likeness (QED) is 0.846. The second kappa shape index (κ2) is 5.45. The lowest BCUT2D eigenvalue weighted by Gasteiger charge is -2.29. The first-order valence-corrected chi connectivity index (χ1v) is 7.11. The van der Waals surface area contributed by atoms with E-state index in [9.17, 15) is 4.39 Å². The first kappa shape index (κ1) is 14.0. The maximum absolute atomic E-state index is 13.3. The predicted octanol–water partition coefficient (Wildman–Crippen LogP) is 3.39. The highest BCUT2D eigenvalue weighted by molar-refractivity contribution is 5.34. The minimum absolute atomic E-state index is 0.284. The molecule has 0 radical (unpaired) electrons. The van der Waals surface area contributed by atoms with Crippen molar-refractivity contribution in [2.24, 2.45) is 0 Å². The summed E-state index contributed by atoms with van der Waals surface area (Å²) in [7, 11) is 0. The van der Waals surface area contributed by atoms with Gasteiger partial charge in [0.05, 0.1) is 6.20 Å². The molecule has 21 heavy (non-hydrogen) atoms. The lowest BCUT2D eigenvalue weighted by Crippen LogP contribution is -2.40. The number of pyridine rings is 1. The Hall–Kier alpha value is -1.94. The van der Waals surface area contributed by atoms with Crippen LogP contribution in [0.2, 0.25) is 0 Å². The Morgan fingerprint density at radius 1 is 1.29 bits per heavy atom. The average Bonchev–Trinajstić information content (AvgIpc) is 2.52. The zero-order chi connectivity index (χ0) is 14.9. The molecule has 1 aliphatic rings. The van der Waals surface area contributed by atoms with E-state index in [1.165, 1.54) is 12.3 Å². The first-order valence-electron chi connectivity index (χ1n) is 7.11. The number of halogens is 1. The van der Waals surface area contributed by atoms with Crippen molar-refractivity contribution in [1.82, 2.24) is 9.88 Å². The van der Waals surface area contributed by atoms with Crippen LogP contribution in [0.15, 0.2) is 42.7 Å². The number of fused-ring (bicyclic) bond motifs is 1. The van der Waals surface area contributed by atoms with E-state index in [1.54, 1.807) is 6.20 Å². The maximum Gasteiger partial charge on any atom is 0.141 e. The Morgan fingerprint density at radius 2 is 2.10 bits per heavy atom. The van der Waals surface area contributed by atoms with Crippen LogP contribution < -0.4 is 4.74 Å². The summed E-state index contributed by atoms with van der Waals surface area (Å²) in [6, 6.07) is 9.62. The van der Waals surface area contributed by atoms with Crippen molar-refractivity contribution in [1.29, 1.82) is 0 Å². The summed E-state index contributed by atoms with van der Waals surface area (Å²) in [5.41, 5.74) is 1.76. The molecule has 1 aromatic carbocycles. The fourth-order valence-electron chi connectivity index (χ4n) is 2.81. The third-order valence-electron chi connectivity index (χ3n) is 3.52. The number of benzene rings is 1. The molecule has 0 N–H and O–H groups in total. The Morgan fingerprint density at radius 3 is 2.90 bits per heavy atom. The van der Waals surface area contributed by atoms with Gasteiger partial charge in [-0.15, -0.1) is 0 Å². The Bertz CT molecular complexity index is 642. The number of hydrogen-bond acceptors (Lipinski definition) is 3. The van der Waals surface area contributed by atoms with Crippen LogP contribution in [0.25, 0.3) is 0 Å². The van der Waals surface area contributed by atoms with Crippen LogP contribution >= 0.6 is 0 Å². The molecule has 0 atom stereocenters. The summed E-state index contributed by atoms with van der Waals surface area (Å²) >= 11 is 0. The van der Waals surface area contributed by atoms with Crippen molar-refractivity contribution >= 4 is 0 Å². The SMILES string of the molecule is CC1(C)CN(Cc2cncc(F)c2)Cc2ccccc2O1. The Kier molecular flexibility index (Phi) is 3.64. The molecule has 3 rings (SSSR count). The average molecular weight is 286 g/mol. The lowest BCUT2D eigenvalue weighted by molar-refractivity contribution is 0.0682. The van der Waals surface area contributed by atoms with Crippen molar-refractivity contribution in [3.8, 4) is 5.75 Å². The van der Waals surface area contributed by atoms with E-state index < -0.39 is 0 Å². The molecule has 0 amide bonds. The smallest absolute Gasteiger partial charge is 0.141 e. The normalized spacial score (nSPS) is 17.7. The predicted molar refractivity (Wildman–Crippen MR) is 79.5 cm³/mol. The van der Waals surface area contributed by atoms with E-state index >= 15 is 0 Å². The lowest BCUT2D eigenvalue weighted by atomic mass is 10.1. The van der Waals surface area contributed by atoms with E-state index in [2.05, 4.69) is 29.8 Å². The molecule has 1 aliphatic heterocycles. The summed E-state index contributed by atoms with van der Waals surface area (Å²) < 4.78 is 19.4. The van der Waals surface area contributed by atoms with Crippen LogP contribution in [-0.2, 0) is 13.1 Å². The molecule has 1 aromatic heterocycles. The number of hydrogen-bond donors (Lipinski definition) is 0. The molecule has 2 aromatic rings. The summed E-state index contributed by atoms with van der Waals surface area (Å²) in [5.74, 6) is 0.639. The molecular weight excluding hydrogens is 267 g/mol. The van der Waals surface area contributed by atoms with Crippen LogP contribution in [0.4, 0.5) is 4.39 Å². The van der Waals surface area contributed by atoms with Crippen molar-refractivity contribution < 1.29 is 9.13 Å². The first-order chi connectivity index (χ1) is 10.0. The van der Waals surface area contributed by atoms with Gasteiger partial charge < -0.3 is 4.74 Å². The van der Waals surface area contributed by atoms with Gasteiger partial charge >= 0.3 is 0 Å². The van der Waals surface area contributed by atoms with Crippen LogP contribution in [-0.4, -0.2) is 22.0 Å². The monoisotopic (exact) mass is 286 g/mol. The summed E-state index contributed by atoms with van der Waals surface area (Å²) in [6.07, 6.45) is 2.95. The van der Waals surface area contributed by atoms with E-state index in [0.29, 0.717) is 6.54 Å². The molecule has 0 saturated heterocycles. The molecule has 0 unspecified atom stereocenters. The van der Waals surface area contributed by atoms with Crippen LogP contribution in [0.1, 0.15) is 25.0 Å². The van der Waals surface area contributed by atoms with Gasteiger partial charge in [-0.2, -0.15) is 0 Å². The van der Waals surface area contributed by atoms with Crippen molar-refractivity contribution in [2.45, 2.75) is 32.5 Å². The van der Waals surface area contributed by atoms with E-state index in [1.807, 2.05) is 18.2 Å². The topological polar surface area (TPSA) is 25.4 Å². The molecule has 3 nitrogen and oxygen atoms in total. The highest BCUT2D eigenvalue weighted by Crippen LogP contribution is 2.29. The summed E-state index contributed by atoms with van der Waals surface area (Å²) in [6.45, 7) is 6.37. The number of para-hydroxylation sites is 1. The molecule has 0 saturated carbocycles. The van der Waals surface area contributed by atoms with Crippen LogP contribution in [0.3, 0.4) is 0 Å². The zero-order valence-electron chi connectivity index (χ0n) is 12.3. The second-order valence-electron chi connectivity index (χ2n) is 6.13. The molecule has 0 bridgehead atoms. The number of aromatic nitrogens is 1. The van der Waals surface area contributed by atoms with E-state index in [0.717, 1.165) is 30.0 Å². The van der Waals surface area contributed by atoms with E-state index in [-0.39, 0.29) is 11.4 Å². The van der Waals surface area contributed by atoms with Crippen molar-refractivity contribution in [2.75, 3.05) is 6.54 Å². The van der Waals surface area contributed by atoms with Gasteiger partial charge in [-0.25, -0.2) is 4.39 Å². The van der Waals surface area contributed by atoms with Gasteiger partial charge in [0.1, 0.15) is 17.2 Å². The number of ether oxygens (including phenoxy) is 1. The third kappa shape index (κ3) is 3.39. The van der Waals surface area contributed by atoms with Crippen LogP contribution in [0, 0.1) is 5.82 Å². The standard InChI is InChI=1S/C17H19FN2O/c1-17(2)12-20(10-13-7-15(18)9-19-8-13)11-14-5-3-4-6-16(14)21-17/h3-9H,10-12H2,1-2H3. The van der Waals surface area contributed by atoms with E-state index in [4.69, 9.17) is 4.74 Å². The zero-order valence-corrected chi connectivity index (χ0v) is 12.3. The Labute approximate surface area is 124 Å². The number of nitrogens with zero attached hydrogens (tertiary/aromatic N) is 2. The minimum atomic E-state index is -0.293. The fraction of sp³-hybridized carbons (Fsp3) is 0.353. The molecule has 2 heterocycles. The molecule has 0 spiro atoms. The highest BCUT2D eigenvalue weighted by Gasteiger charge is 2.28. The van der Waals surface area contributed by atoms with Crippen molar-refractivity contribution in [3.63, 3.8) is 0 Å². The van der Waals surface area contributed by atoms with Gasteiger partial charge in [0, 0.05) is 31.4 Å². The van der Waals surface area contributed by atoms with Gasteiger partial charge in [-0.05, 0) is 31.5 Å². The van der Waals surface area contributed by atoms with Crippen LogP contribution in [0.5, 0.6) is 5.75 Å². The van der Waals surface area contributed by atoms with Crippen molar-refractivity contribution in [3.05, 3.63) is 59.7 Å². The minimum Gasteiger partial charge on any atom is -0.486 e. The third-order valence-corrected chi connectivity index (χ3v) is 3.52. The summed E-state index contributed by atoms with van der Waals surface area (Å²) in [4.78, 5) is 6.19. The largest absolute Gasteiger partial charge is 0.486 e. The number of rotatable bonds is 2. The maximum atomic E-state index is 13.3. The Balaban J connectivity index is 1.86. The van der Waals surface area contributed by atoms with Gasteiger partial charge in [-0.1, -0.05) is 18.2 Å². The molecular formula is C17H19FN2O. The summed E-state index contributed by atoms with van der Waals surface area (Å²) in [5, 5.41) is 0. The van der Waals surface area contributed by atoms with Gasteiger partial charge in [-0.3, -0.25) is 9.88 Å². The molecule has 110 valence electrons. The molecule has 0 aliphatic carbocycles. The fourth-order valence-corrected chi connectivity index (χ4v) is 2.81. The second-order valence-corrected chi connectivity index (χ2v) is 6.13. The van der Waals surface area contributed by atoms with Gasteiger partial charge in [0.15, 0.2) is 0 Å². The molecule has 0 fully saturated rings. The van der Waals surface area contributed by atoms with Gasteiger partial charge in [0.2, 0.25) is 0 Å². The van der Waals surface area contributed by atoms with Gasteiger partial charge in [0.25, 0.3) is 0 Å². The highest BCUT2D eigenvalue weighted by atomic mass is 19.1.